The van der Waals surface area contributed by atoms with Gasteiger partial charge in [-0.2, -0.15) is 5.10 Å². The van der Waals surface area contributed by atoms with Crippen molar-refractivity contribution in [3.63, 3.8) is 0 Å². The van der Waals surface area contributed by atoms with Gasteiger partial charge in [-0.25, -0.2) is 26.3 Å². The number of halogens is 2. The minimum absolute atomic E-state index is 0.0136. The summed E-state index contributed by atoms with van der Waals surface area (Å²) in [5.41, 5.74) is -3.54. The number of carbonyl (C=O) groups excluding carboxylic acids is 1. The highest BCUT2D eigenvalue weighted by molar-refractivity contribution is 7.89. The zero-order valence-corrected chi connectivity index (χ0v) is 26.2. The van der Waals surface area contributed by atoms with Gasteiger partial charge in [0.2, 0.25) is 10.0 Å². The summed E-state index contributed by atoms with van der Waals surface area (Å²) in [6.45, 7) is 11.2. The molecule has 10 nitrogen and oxygen atoms in total. The van der Waals surface area contributed by atoms with Gasteiger partial charge in [0.25, 0.3) is 0 Å². The van der Waals surface area contributed by atoms with Crippen LogP contribution in [0.15, 0.2) is 29.9 Å². The van der Waals surface area contributed by atoms with Crippen molar-refractivity contribution < 1.29 is 46.8 Å². The minimum atomic E-state index is -4.09. The number of aliphatic carboxylic acids is 1. The van der Waals surface area contributed by atoms with Gasteiger partial charge in [0.05, 0.1) is 18.6 Å². The number of nitrogens with zero attached hydrogens (tertiary/aromatic N) is 2. The van der Waals surface area contributed by atoms with Crippen LogP contribution in [0.2, 0.25) is 0 Å². The quantitative estimate of drug-likeness (QED) is 0.318. The highest BCUT2D eigenvalue weighted by atomic mass is 32.2. The van der Waals surface area contributed by atoms with E-state index in [1.807, 2.05) is 13.8 Å². The van der Waals surface area contributed by atoms with E-state index in [1.54, 1.807) is 19.9 Å². The van der Waals surface area contributed by atoms with Crippen molar-refractivity contribution >= 4 is 40.5 Å². The first-order chi connectivity index (χ1) is 20.3. The summed E-state index contributed by atoms with van der Waals surface area (Å²) in [6, 6.07) is 2.49. The third kappa shape index (κ3) is 4.53. The average Bonchev–Trinajstić information content (AvgIpc) is 3.22. The van der Waals surface area contributed by atoms with E-state index in [0.29, 0.717) is 17.2 Å². The van der Waals surface area contributed by atoms with Gasteiger partial charge in [-0.3, -0.25) is 4.79 Å². The van der Waals surface area contributed by atoms with Crippen LogP contribution in [0.1, 0.15) is 58.9 Å². The second kappa shape index (κ2) is 10.6. The number of carboxylic acid groups (broad SMARTS) is 1. The van der Waals surface area contributed by atoms with E-state index < -0.39 is 98.2 Å². The van der Waals surface area contributed by atoms with Gasteiger partial charge in [-0.1, -0.05) is 33.8 Å². The zero-order chi connectivity index (χ0) is 32.7. The summed E-state index contributed by atoms with van der Waals surface area (Å²) in [6.07, 6.45) is -0.298. The molecule has 3 N–H and O–H groups in total. The molecule has 14 heteroatoms. The first-order valence-electron chi connectivity index (χ1n) is 14.8. The Hall–Kier alpha value is -2.84. The fourth-order valence-corrected chi connectivity index (χ4v) is 9.60. The molecule has 10 atom stereocenters. The maximum absolute atomic E-state index is 16.1. The summed E-state index contributed by atoms with van der Waals surface area (Å²) in [7, 11) is -6.12. The molecule has 2 bridgehead atoms. The Morgan fingerprint density at radius 2 is 1.95 bits per heavy atom. The number of carboxylic acids is 1. The van der Waals surface area contributed by atoms with E-state index in [4.69, 9.17) is 4.74 Å². The molecule has 4 aliphatic rings. The highest BCUT2D eigenvalue weighted by Gasteiger charge is 2.71. The SMILES string of the molecule is C=C[C@]1(C)C[C@@H](C(Oc2ccc3c(c2F)B(O)N(S(C)(=O)=O)N=C3)C(=O)O)[C@@]2(C)[C@H](C)CC[C@]3(C[C@H](F)C(=O)[C@H]32)[C@@H](C)[C@@H]1O. The Labute approximate surface area is 256 Å². The Kier molecular flexibility index (Phi) is 7.86. The molecule has 0 radical (unpaired) electrons. The minimum Gasteiger partial charge on any atom is -0.478 e. The zero-order valence-electron chi connectivity index (χ0n) is 25.4. The molecule has 1 aromatic rings. The van der Waals surface area contributed by atoms with Crippen molar-refractivity contribution in [1.82, 2.24) is 4.33 Å². The van der Waals surface area contributed by atoms with Crippen LogP contribution in [-0.4, -0.2) is 77.6 Å². The van der Waals surface area contributed by atoms with Gasteiger partial charge in [-0.15, -0.1) is 6.58 Å². The Morgan fingerprint density at radius 3 is 2.55 bits per heavy atom. The summed E-state index contributed by atoms with van der Waals surface area (Å²) >= 11 is 0. The highest BCUT2D eigenvalue weighted by Crippen LogP contribution is 2.69. The summed E-state index contributed by atoms with van der Waals surface area (Å²) < 4.78 is 62.1. The van der Waals surface area contributed by atoms with Crippen molar-refractivity contribution in [2.75, 3.05) is 6.26 Å². The van der Waals surface area contributed by atoms with Gasteiger partial charge in [-0.05, 0) is 66.0 Å². The molecule has 3 fully saturated rings. The van der Waals surface area contributed by atoms with E-state index in [0.717, 1.165) is 12.5 Å². The van der Waals surface area contributed by atoms with E-state index in [2.05, 4.69) is 11.7 Å². The van der Waals surface area contributed by atoms with Crippen LogP contribution < -0.4 is 10.2 Å². The van der Waals surface area contributed by atoms with Crippen molar-refractivity contribution in [3.8, 4) is 5.75 Å². The maximum atomic E-state index is 16.1. The first-order valence-corrected chi connectivity index (χ1v) is 16.6. The van der Waals surface area contributed by atoms with Crippen LogP contribution >= 0.6 is 0 Å². The Morgan fingerprint density at radius 1 is 1.30 bits per heavy atom. The monoisotopic (exact) mass is 636 g/mol. The number of hydrazone groups is 1. The van der Waals surface area contributed by atoms with Crippen LogP contribution in [0.4, 0.5) is 8.78 Å². The molecule has 1 aromatic carbocycles. The summed E-state index contributed by atoms with van der Waals surface area (Å²) in [4.78, 5) is 26.8. The molecule has 44 heavy (non-hydrogen) atoms. The number of aliphatic hydroxyl groups excluding tert-OH is 1. The average molecular weight is 637 g/mol. The number of rotatable bonds is 6. The molecule has 0 amide bonds. The molecule has 1 aliphatic heterocycles. The predicted octanol–water partition coefficient (Wildman–Crippen LogP) is 2.51. The molecule has 0 saturated heterocycles. The summed E-state index contributed by atoms with van der Waals surface area (Å²) in [5, 5.41) is 36.8. The van der Waals surface area contributed by atoms with Gasteiger partial charge in [0.1, 0.15) is 0 Å². The lowest BCUT2D eigenvalue weighted by Crippen LogP contribution is -2.63. The fraction of sp³-hybridized carbons (Fsp3) is 0.633. The maximum Gasteiger partial charge on any atom is 0.487 e. The Balaban J connectivity index is 1.67. The number of fused-ring (bicyclic) bond motifs is 1. The van der Waals surface area contributed by atoms with Crippen LogP contribution in [0, 0.1) is 45.7 Å². The van der Waals surface area contributed by atoms with E-state index in [1.165, 1.54) is 12.1 Å². The Bertz CT molecular complexity index is 1540. The number of hydrogen-bond donors (Lipinski definition) is 3. The number of ketones is 1. The lowest BCUT2D eigenvalue weighted by Gasteiger charge is -2.62. The third-order valence-corrected chi connectivity index (χ3v) is 12.6. The first kappa shape index (κ1) is 32.6. The number of Topliss-reactive ketones (excluding diaryl/α,β-unsaturated/α-hetero) is 1. The van der Waals surface area contributed by atoms with E-state index in [-0.39, 0.29) is 24.3 Å². The van der Waals surface area contributed by atoms with Crippen LogP contribution in [0.3, 0.4) is 0 Å². The van der Waals surface area contributed by atoms with Crippen molar-refractivity contribution in [2.45, 2.75) is 71.8 Å². The smallest absolute Gasteiger partial charge is 0.478 e. The van der Waals surface area contributed by atoms with Crippen LogP contribution in [-0.2, 0) is 19.6 Å². The van der Waals surface area contributed by atoms with E-state index in [9.17, 15) is 33.2 Å². The van der Waals surface area contributed by atoms with Crippen LogP contribution in [0.5, 0.6) is 5.75 Å². The normalized spacial score (nSPS) is 39.2. The molecular weight excluding hydrogens is 597 g/mol. The molecule has 3 saturated carbocycles. The number of benzene rings is 1. The summed E-state index contributed by atoms with van der Waals surface area (Å²) in [5.74, 6) is -6.54. The van der Waals surface area contributed by atoms with E-state index >= 15 is 8.78 Å². The second-order valence-electron chi connectivity index (χ2n) is 13.7. The topological polar surface area (TPSA) is 154 Å². The van der Waals surface area contributed by atoms with Gasteiger partial charge in [0, 0.05) is 22.7 Å². The predicted molar refractivity (Wildman–Crippen MR) is 159 cm³/mol. The largest absolute Gasteiger partial charge is 0.487 e. The van der Waals surface area contributed by atoms with Crippen molar-refractivity contribution in [3.05, 3.63) is 36.2 Å². The number of aliphatic hydroxyl groups is 1. The van der Waals surface area contributed by atoms with Gasteiger partial charge in [0.15, 0.2) is 29.6 Å². The van der Waals surface area contributed by atoms with Crippen molar-refractivity contribution in [2.24, 2.45) is 45.0 Å². The number of sulfonamides is 1. The standard InChI is InChI=1S/C30H39BF2N2O8S/c1-7-28(4)12-18(29(5)15(2)10-11-30(16(3)26(28)37)13-19(32)23(36)25(29)30)24(27(38)39)43-20-9-8-17-14-34-35(44(6,41)42)31(40)21(17)22(20)33/h7-9,14-16,18-19,24-26,37,40H,1,10-13H2,2-6H3,(H,38,39)/t15-,16+,18+,19+,24?,25+,26+,28-,29-,30+/m1/s1. The molecule has 3 aliphatic carbocycles. The van der Waals surface area contributed by atoms with Gasteiger partial charge >= 0.3 is 13.0 Å². The van der Waals surface area contributed by atoms with Crippen molar-refractivity contribution in [1.29, 1.82) is 0 Å². The number of hydrogen-bond acceptors (Lipinski definition) is 8. The number of alkyl halides is 1. The second-order valence-corrected chi connectivity index (χ2v) is 15.6. The molecule has 1 unspecified atom stereocenters. The van der Waals surface area contributed by atoms with Gasteiger partial charge < -0.3 is 20.0 Å². The molecule has 0 aromatic heterocycles. The lowest BCUT2D eigenvalue weighted by molar-refractivity contribution is -0.193. The lowest BCUT2D eigenvalue weighted by atomic mass is 9.41. The molecule has 1 heterocycles. The molecule has 5 rings (SSSR count). The molecule has 240 valence electrons. The van der Waals surface area contributed by atoms with Crippen LogP contribution in [0.25, 0.3) is 0 Å². The molecule has 0 spiro atoms. The molecular formula is C30H39BF2N2O8S. The number of ether oxygens (including phenoxy) is 1. The number of carbonyl (C=O) groups is 2. The third-order valence-electron chi connectivity index (χ3n) is 11.6. The fourth-order valence-electron chi connectivity index (χ4n) is 8.92.